The molecular formula is C38H36O18-2. The van der Waals surface area contributed by atoms with Crippen LogP contribution in [-0.4, -0.2) is 71.5 Å². The van der Waals surface area contributed by atoms with Crippen LogP contribution in [0.2, 0.25) is 0 Å². The Balaban J connectivity index is 1.12. The maximum absolute atomic E-state index is 12.8. The summed E-state index contributed by atoms with van der Waals surface area (Å²) in [6.45, 7) is 5.55. The van der Waals surface area contributed by atoms with Gasteiger partial charge in [-0.2, -0.15) is 0 Å². The molecule has 0 bridgehead atoms. The molecule has 1 saturated carbocycles. The molecule has 18 nitrogen and oxygen atoms in total. The van der Waals surface area contributed by atoms with E-state index in [1.165, 1.54) is 57.2 Å². The summed E-state index contributed by atoms with van der Waals surface area (Å²) in [6.07, 6.45) is 11.7. The highest BCUT2D eigenvalue weighted by Gasteiger charge is 2.56. The van der Waals surface area contributed by atoms with Crippen LogP contribution in [0, 0.1) is 0 Å². The Bertz CT molecular complexity index is 1920. The summed E-state index contributed by atoms with van der Waals surface area (Å²) in [4.78, 5) is 86.8. The Kier molecular flexibility index (Phi) is 11.6. The normalized spacial score (nSPS) is 29.6. The van der Waals surface area contributed by atoms with Crippen LogP contribution < -0.4 is 10.2 Å². The molecule has 0 aromatic carbocycles. The maximum atomic E-state index is 12.8. The molecule has 298 valence electrons. The van der Waals surface area contributed by atoms with E-state index in [1.54, 1.807) is 6.92 Å². The van der Waals surface area contributed by atoms with E-state index in [0.29, 0.717) is 0 Å². The van der Waals surface area contributed by atoms with E-state index < -0.39 is 93.5 Å². The Morgan fingerprint density at radius 2 is 0.982 bits per heavy atom. The van der Waals surface area contributed by atoms with Crippen LogP contribution in [0.15, 0.2) is 94.9 Å². The van der Waals surface area contributed by atoms with Crippen molar-refractivity contribution in [3.63, 3.8) is 0 Å². The lowest BCUT2D eigenvalue weighted by atomic mass is 9.87. The van der Waals surface area contributed by atoms with Crippen molar-refractivity contribution in [2.24, 2.45) is 0 Å². The number of hydrogen-bond donors (Lipinski definition) is 0. The molecule has 0 radical (unpaired) electrons. The Morgan fingerprint density at radius 1 is 0.589 bits per heavy atom. The van der Waals surface area contributed by atoms with Gasteiger partial charge >= 0.3 is 41.8 Å². The second kappa shape index (κ2) is 16.0. The van der Waals surface area contributed by atoms with Crippen molar-refractivity contribution in [1.82, 2.24) is 0 Å². The van der Waals surface area contributed by atoms with Gasteiger partial charge in [0.1, 0.15) is 11.1 Å². The van der Waals surface area contributed by atoms with E-state index in [1.807, 2.05) is 0 Å². The fraction of sp³-hybridized carbons (Fsp3) is 0.395. The molecule has 56 heavy (non-hydrogen) atoms. The Morgan fingerprint density at radius 3 is 1.36 bits per heavy atom. The summed E-state index contributed by atoms with van der Waals surface area (Å²) in [7, 11) is 0. The minimum Gasteiger partial charge on any atom is -0.574 e. The van der Waals surface area contributed by atoms with Crippen molar-refractivity contribution in [2.75, 3.05) is 6.61 Å². The topological polar surface area (TPSA) is 249 Å². The van der Waals surface area contributed by atoms with Crippen LogP contribution in [0.25, 0.3) is 0 Å². The molecule has 3 fully saturated rings. The molecule has 5 aliphatic rings. The van der Waals surface area contributed by atoms with Gasteiger partial charge in [-0.1, -0.05) is 43.4 Å². The van der Waals surface area contributed by atoms with Gasteiger partial charge in [0.2, 0.25) is 0 Å². The standard InChI is InChI=1S/C38H38O18/c1-5-35(3)49-27(40)23(28(41)50-35)12-8-6-10-14-25-31(44)53-37(54-32(25)45)16-18-38(19-17-37)55-33(46)26(34(47)56-38)15-11-7-9-13-24-29(42)51-36(4,52-30(24)43)20-21-48-22(2)39/h6-15,40,42H,5,16-21H2,1-4H3/p-2/b10-6+,11-7+,12-8+,13-9+,25-14?,26-15?. The van der Waals surface area contributed by atoms with Gasteiger partial charge in [-0.25, -0.2) is 28.8 Å². The number of cyclic esters (lactones) is 2. The van der Waals surface area contributed by atoms with E-state index in [0.717, 1.165) is 24.3 Å². The first kappa shape index (κ1) is 40.6. The minimum absolute atomic E-state index is 0.0776. The molecule has 18 heteroatoms. The number of carbonyl (C=O) groups excluding carboxylic acids is 7. The SMILES string of the molecule is CCC1(C)OC(=O)C(/C=C/C=C/C=C2C(=O)OC3(CCC4(CC3)OC(=O)C(=C/C=C/C=C/C3=C([O-])OC(C)(CCOC(C)=O)OC3=O)C(=O)O4)OC2=O)=C([O-])O1. The fourth-order valence-corrected chi connectivity index (χ4v) is 5.64. The third-order valence-corrected chi connectivity index (χ3v) is 8.88. The van der Waals surface area contributed by atoms with Gasteiger partial charge in [0.15, 0.2) is 11.6 Å². The molecule has 1 aliphatic carbocycles. The average Bonchev–Trinajstić information content (AvgIpc) is 3.10. The largest absolute Gasteiger partial charge is 0.574 e. The smallest absolute Gasteiger partial charge is 0.348 e. The monoisotopic (exact) mass is 780 g/mol. The number of esters is 7. The van der Waals surface area contributed by atoms with Crippen LogP contribution >= 0.6 is 0 Å². The molecular weight excluding hydrogens is 744 g/mol. The molecule has 0 aromatic rings. The zero-order valence-corrected chi connectivity index (χ0v) is 30.6. The Labute approximate surface area is 318 Å². The Hall–Kier alpha value is -6.59. The summed E-state index contributed by atoms with van der Waals surface area (Å²) in [5.74, 6) is -14.6. The summed E-state index contributed by atoms with van der Waals surface area (Å²) >= 11 is 0. The number of ether oxygens (including phenoxy) is 9. The third-order valence-electron chi connectivity index (χ3n) is 8.88. The predicted octanol–water partition coefficient (Wildman–Crippen LogP) is 1.32. The van der Waals surface area contributed by atoms with Crippen molar-refractivity contribution in [2.45, 2.75) is 89.4 Å². The maximum Gasteiger partial charge on any atom is 0.348 e. The van der Waals surface area contributed by atoms with Crippen LogP contribution in [0.4, 0.5) is 0 Å². The zero-order valence-electron chi connectivity index (χ0n) is 30.6. The fourth-order valence-electron chi connectivity index (χ4n) is 5.64. The van der Waals surface area contributed by atoms with Crippen molar-refractivity contribution < 1.29 is 86.4 Å². The van der Waals surface area contributed by atoms with Gasteiger partial charge in [-0.05, 0) is 44.6 Å². The van der Waals surface area contributed by atoms with E-state index in [4.69, 9.17) is 42.6 Å². The molecule has 5 rings (SSSR count). The number of allylic oxidation sites excluding steroid dienone is 8. The molecule has 0 amide bonds. The lowest BCUT2D eigenvalue weighted by Crippen LogP contribution is -2.56. The number of rotatable bonds is 10. The highest BCUT2D eigenvalue weighted by Crippen LogP contribution is 2.45. The highest BCUT2D eigenvalue weighted by molar-refractivity contribution is 6.16. The van der Waals surface area contributed by atoms with Gasteiger partial charge in [0, 0.05) is 39.0 Å². The van der Waals surface area contributed by atoms with E-state index in [9.17, 15) is 43.8 Å². The first-order chi connectivity index (χ1) is 26.4. The molecule has 0 N–H and O–H groups in total. The summed E-state index contributed by atoms with van der Waals surface area (Å²) in [5.41, 5.74) is -1.67. The zero-order chi connectivity index (χ0) is 40.9. The van der Waals surface area contributed by atoms with E-state index in [2.05, 4.69) is 0 Å². The molecule has 2 saturated heterocycles. The van der Waals surface area contributed by atoms with Gasteiger partial charge in [0.05, 0.1) is 29.6 Å². The van der Waals surface area contributed by atoms with Gasteiger partial charge < -0.3 is 52.8 Å². The van der Waals surface area contributed by atoms with Crippen LogP contribution in [0.3, 0.4) is 0 Å². The van der Waals surface area contributed by atoms with Crippen molar-refractivity contribution >= 4 is 41.8 Å². The third kappa shape index (κ3) is 9.19. The minimum atomic E-state index is -1.71. The molecule has 0 aromatic heterocycles. The van der Waals surface area contributed by atoms with Crippen LogP contribution in [0.5, 0.6) is 0 Å². The van der Waals surface area contributed by atoms with Crippen molar-refractivity contribution in [1.29, 1.82) is 0 Å². The van der Waals surface area contributed by atoms with Crippen molar-refractivity contribution in [3.8, 4) is 0 Å². The lowest BCUT2D eigenvalue weighted by Gasteiger charge is -2.45. The molecule has 2 atom stereocenters. The van der Waals surface area contributed by atoms with Gasteiger partial charge in [-0.15, -0.1) is 0 Å². The lowest BCUT2D eigenvalue weighted by molar-refractivity contribution is -0.397. The van der Waals surface area contributed by atoms with Crippen molar-refractivity contribution in [3.05, 3.63) is 94.9 Å². The molecule has 4 aliphatic heterocycles. The first-order valence-electron chi connectivity index (χ1n) is 17.2. The van der Waals surface area contributed by atoms with Gasteiger partial charge in [0.25, 0.3) is 11.6 Å². The van der Waals surface area contributed by atoms with Crippen LogP contribution in [0.1, 0.15) is 66.2 Å². The van der Waals surface area contributed by atoms with Gasteiger partial charge in [-0.3, -0.25) is 4.79 Å². The quantitative estimate of drug-likeness (QED) is 0.0996. The van der Waals surface area contributed by atoms with Crippen LogP contribution in [-0.2, 0) is 76.2 Å². The molecule has 2 unspecified atom stereocenters. The first-order valence-corrected chi connectivity index (χ1v) is 17.2. The average molecular weight is 781 g/mol. The summed E-state index contributed by atoms with van der Waals surface area (Å²) in [6, 6.07) is 0. The summed E-state index contributed by atoms with van der Waals surface area (Å²) < 4.78 is 47.3. The molecule has 2 spiro atoms. The van der Waals surface area contributed by atoms with E-state index >= 15 is 0 Å². The number of hydrogen-bond acceptors (Lipinski definition) is 18. The molecule has 4 heterocycles. The summed E-state index contributed by atoms with van der Waals surface area (Å²) in [5, 5.41) is 24.6. The highest BCUT2D eigenvalue weighted by atomic mass is 16.8. The van der Waals surface area contributed by atoms with E-state index in [-0.39, 0.29) is 50.7 Å². The number of carbonyl (C=O) groups is 7. The second-order valence-corrected chi connectivity index (χ2v) is 13.1. The predicted molar refractivity (Wildman–Crippen MR) is 178 cm³/mol. The second-order valence-electron chi connectivity index (χ2n) is 13.1.